The zero-order valence-electron chi connectivity index (χ0n) is 16.1. The number of carbonyl (C=O) groups is 2. The molecule has 1 aliphatic carbocycles. The smallest absolute Gasteiger partial charge is 0.270 e. The van der Waals surface area contributed by atoms with E-state index in [1.165, 1.54) is 10.6 Å². The number of pyridine rings is 1. The van der Waals surface area contributed by atoms with Crippen molar-refractivity contribution in [1.82, 2.24) is 19.6 Å². The van der Waals surface area contributed by atoms with Crippen molar-refractivity contribution in [1.29, 1.82) is 0 Å². The molecule has 152 valence electrons. The molecule has 2 saturated heterocycles. The number of nitrogens with zero attached hydrogens (tertiary/aromatic N) is 3. The number of rotatable bonds is 3. The van der Waals surface area contributed by atoms with E-state index in [1.807, 2.05) is 0 Å². The fraction of sp³-hybridized carbons (Fsp3) is 0.524. The van der Waals surface area contributed by atoms with Crippen LogP contribution in [0.25, 0.3) is 5.65 Å². The predicted octanol–water partition coefficient (Wildman–Crippen LogP) is 0.840. The number of hydrogen-bond donors (Lipinski definition) is 1. The van der Waals surface area contributed by atoms with Gasteiger partial charge in [0.15, 0.2) is 0 Å². The molecule has 1 saturated carbocycles. The van der Waals surface area contributed by atoms with Crippen molar-refractivity contribution in [3.8, 4) is 0 Å². The molecule has 1 unspecified atom stereocenters. The third kappa shape index (κ3) is 3.21. The SMILES string of the molecule is O=C(NC1[C@@H]2CC[C@H]1CN(C(=O)c1cnc3ccccn3c1=O)C2)[C@H]1CCCO1. The lowest BCUT2D eigenvalue weighted by Gasteiger charge is -2.38. The molecule has 2 aromatic heterocycles. The van der Waals surface area contributed by atoms with Crippen molar-refractivity contribution in [2.24, 2.45) is 11.8 Å². The monoisotopic (exact) mass is 396 g/mol. The molecule has 8 nitrogen and oxygen atoms in total. The maximum atomic E-state index is 13.1. The van der Waals surface area contributed by atoms with E-state index >= 15 is 0 Å². The summed E-state index contributed by atoms with van der Waals surface area (Å²) in [7, 11) is 0. The maximum Gasteiger partial charge on any atom is 0.270 e. The molecule has 1 N–H and O–H groups in total. The molecule has 2 amide bonds. The third-order valence-corrected chi connectivity index (χ3v) is 6.50. The van der Waals surface area contributed by atoms with Crippen LogP contribution in [0.4, 0.5) is 0 Å². The van der Waals surface area contributed by atoms with E-state index in [-0.39, 0.29) is 46.9 Å². The van der Waals surface area contributed by atoms with Crippen molar-refractivity contribution in [3.63, 3.8) is 0 Å². The quantitative estimate of drug-likeness (QED) is 0.830. The fourth-order valence-electron chi connectivity index (χ4n) is 5.01. The van der Waals surface area contributed by atoms with E-state index in [4.69, 9.17) is 4.74 Å². The summed E-state index contributed by atoms with van der Waals surface area (Å²) in [5.74, 6) is 0.112. The second-order valence-corrected chi connectivity index (χ2v) is 8.25. The Balaban J connectivity index is 1.32. The standard InChI is InChI=1S/C21H24N4O4/c26-19(16-4-3-9-29-16)23-18-13-6-7-14(18)12-24(11-13)20(27)15-10-22-17-5-1-2-8-25(17)21(15)28/h1-2,5,8,10,13-14,16,18H,3-4,6-7,9,11-12H2,(H,23,26)/t13-,14+,16-,18?/m1/s1. The molecule has 4 heterocycles. The summed E-state index contributed by atoms with van der Waals surface area (Å²) in [4.78, 5) is 44.3. The molecule has 0 radical (unpaired) electrons. The van der Waals surface area contributed by atoms with E-state index in [2.05, 4.69) is 10.3 Å². The number of ether oxygens (including phenoxy) is 1. The van der Waals surface area contributed by atoms with Crippen molar-refractivity contribution >= 4 is 17.5 Å². The highest BCUT2D eigenvalue weighted by molar-refractivity contribution is 5.94. The number of hydrogen-bond acceptors (Lipinski definition) is 5. The van der Waals surface area contributed by atoms with E-state index in [1.54, 1.807) is 29.3 Å². The van der Waals surface area contributed by atoms with Gasteiger partial charge in [0, 0.05) is 38.1 Å². The molecule has 2 bridgehead atoms. The molecule has 0 spiro atoms. The Bertz CT molecular complexity index is 999. The van der Waals surface area contributed by atoms with Crippen LogP contribution in [0, 0.1) is 11.8 Å². The van der Waals surface area contributed by atoms with Crippen LogP contribution < -0.4 is 10.9 Å². The van der Waals surface area contributed by atoms with Gasteiger partial charge in [0.25, 0.3) is 11.5 Å². The van der Waals surface area contributed by atoms with E-state index in [9.17, 15) is 14.4 Å². The van der Waals surface area contributed by atoms with Gasteiger partial charge in [-0.3, -0.25) is 18.8 Å². The predicted molar refractivity (Wildman–Crippen MR) is 104 cm³/mol. The first-order valence-corrected chi connectivity index (χ1v) is 10.3. The Hall–Kier alpha value is -2.74. The molecular formula is C21H24N4O4. The molecule has 4 atom stereocenters. The van der Waals surface area contributed by atoms with Crippen LogP contribution in [-0.4, -0.2) is 57.9 Å². The van der Waals surface area contributed by atoms with Gasteiger partial charge in [-0.05, 0) is 49.7 Å². The van der Waals surface area contributed by atoms with Gasteiger partial charge in [-0.1, -0.05) is 6.07 Å². The Morgan fingerprint density at radius 2 is 1.93 bits per heavy atom. The Kier molecular flexibility index (Phi) is 4.58. The second kappa shape index (κ2) is 7.26. The van der Waals surface area contributed by atoms with E-state index < -0.39 is 0 Å². The number of fused-ring (bicyclic) bond motifs is 3. The van der Waals surface area contributed by atoms with E-state index in [0.717, 1.165) is 25.7 Å². The molecule has 2 aliphatic heterocycles. The highest BCUT2D eigenvalue weighted by atomic mass is 16.5. The van der Waals surface area contributed by atoms with Crippen molar-refractivity contribution < 1.29 is 14.3 Å². The minimum Gasteiger partial charge on any atom is -0.368 e. The lowest BCUT2D eigenvalue weighted by Crippen LogP contribution is -2.55. The molecule has 3 aliphatic rings. The zero-order chi connectivity index (χ0) is 20.0. The number of amides is 2. The van der Waals surface area contributed by atoms with Gasteiger partial charge in [-0.25, -0.2) is 4.98 Å². The zero-order valence-corrected chi connectivity index (χ0v) is 16.1. The normalized spacial score (nSPS) is 28.6. The van der Waals surface area contributed by atoms with Crippen LogP contribution in [-0.2, 0) is 9.53 Å². The van der Waals surface area contributed by atoms with Gasteiger partial charge in [-0.2, -0.15) is 0 Å². The molecule has 8 heteroatoms. The van der Waals surface area contributed by atoms with Gasteiger partial charge in [-0.15, -0.1) is 0 Å². The van der Waals surface area contributed by atoms with Gasteiger partial charge in [0.2, 0.25) is 5.91 Å². The molecule has 2 aromatic rings. The van der Waals surface area contributed by atoms with Gasteiger partial charge < -0.3 is 15.0 Å². The first-order valence-electron chi connectivity index (χ1n) is 10.3. The van der Waals surface area contributed by atoms with Gasteiger partial charge in [0.1, 0.15) is 17.3 Å². The largest absolute Gasteiger partial charge is 0.368 e. The Morgan fingerprint density at radius 3 is 2.66 bits per heavy atom. The van der Waals surface area contributed by atoms with Crippen molar-refractivity contribution in [2.45, 2.75) is 37.8 Å². The summed E-state index contributed by atoms with van der Waals surface area (Å²) in [6, 6.07) is 5.35. The number of carbonyl (C=O) groups excluding carboxylic acids is 2. The minimum atomic E-state index is -0.346. The van der Waals surface area contributed by atoms with Gasteiger partial charge in [0.05, 0.1) is 0 Å². The third-order valence-electron chi connectivity index (χ3n) is 6.50. The minimum absolute atomic E-state index is 0.0267. The number of piperidine rings is 1. The summed E-state index contributed by atoms with van der Waals surface area (Å²) >= 11 is 0. The maximum absolute atomic E-state index is 13.1. The average molecular weight is 396 g/mol. The molecule has 29 heavy (non-hydrogen) atoms. The lowest BCUT2D eigenvalue weighted by molar-refractivity contribution is -0.131. The Morgan fingerprint density at radius 1 is 1.14 bits per heavy atom. The summed E-state index contributed by atoms with van der Waals surface area (Å²) in [6.07, 6.45) is 6.31. The summed E-state index contributed by atoms with van der Waals surface area (Å²) in [6.45, 7) is 1.73. The summed E-state index contributed by atoms with van der Waals surface area (Å²) in [5.41, 5.74) is 0.265. The van der Waals surface area contributed by atoms with Crippen LogP contribution in [0.2, 0.25) is 0 Å². The van der Waals surface area contributed by atoms with E-state index in [0.29, 0.717) is 25.3 Å². The summed E-state index contributed by atoms with van der Waals surface area (Å²) in [5, 5.41) is 3.18. The fourth-order valence-corrected chi connectivity index (χ4v) is 5.01. The highest BCUT2D eigenvalue weighted by Crippen LogP contribution is 2.37. The highest BCUT2D eigenvalue weighted by Gasteiger charge is 2.45. The van der Waals surface area contributed by atoms with Gasteiger partial charge >= 0.3 is 0 Å². The number of nitrogens with one attached hydrogen (secondary N) is 1. The van der Waals surface area contributed by atoms with Crippen LogP contribution in [0.3, 0.4) is 0 Å². The Labute approximate surface area is 167 Å². The van der Waals surface area contributed by atoms with Crippen molar-refractivity contribution in [2.75, 3.05) is 19.7 Å². The van der Waals surface area contributed by atoms with Crippen LogP contribution >= 0.6 is 0 Å². The summed E-state index contributed by atoms with van der Waals surface area (Å²) < 4.78 is 6.89. The topological polar surface area (TPSA) is 93.0 Å². The second-order valence-electron chi connectivity index (χ2n) is 8.25. The lowest BCUT2D eigenvalue weighted by atomic mass is 9.91. The number of likely N-dealkylation sites (tertiary alicyclic amines) is 1. The average Bonchev–Trinajstić information content (AvgIpc) is 3.34. The van der Waals surface area contributed by atoms with Crippen LogP contribution in [0.1, 0.15) is 36.0 Å². The van der Waals surface area contributed by atoms with Crippen LogP contribution in [0.5, 0.6) is 0 Å². The molecular weight excluding hydrogens is 372 g/mol. The first kappa shape index (κ1) is 18.3. The first-order chi connectivity index (χ1) is 14.1. The number of aromatic nitrogens is 2. The molecule has 5 rings (SSSR count). The molecule has 3 fully saturated rings. The molecule has 0 aromatic carbocycles. The van der Waals surface area contributed by atoms with Crippen LogP contribution in [0.15, 0.2) is 35.4 Å². The van der Waals surface area contributed by atoms with Crippen molar-refractivity contribution in [3.05, 3.63) is 46.5 Å².